The third kappa shape index (κ3) is 5.43. The maximum Gasteiger partial charge on any atom is 0.422 e. The van der Waals surface area contributed by atoms with Crippen molar-refractivity contribution in [2.45, 2.75) is 12.7 Å². The Morgan fingerprint density at radius 3 is 2.61 bits per heavy atom. The molecule has 3 aromatic rings. The molecule has 2 amide bonds. The highest BCUT2D eigenvalue weighted by Crippen LogP contribution is 2.18. The van der Waals surface area contributed by atoms with Crippen LogP contribution < -0.4 is 15.4 Å². The number of hydrogen-bond donors (Lipinski definition) is 2. The van der Waals surface area contributed by atoms with Gasteiger partial charge in [-0.15, -0.1) is 10.2 Å². The molecular weight excluding hydrogens is 377 g/mol. The predicted molar refractivity (Wildman–Crippen MR) is 93.0 cm³/mol. The van der Waals surface area contributed by atoms with Crippen LogP contribution in [0.1, 0.15) is 5.82 Å². The minimum Gasteiger partial charge on any atom is -0.468 e. The van der Waals surface area contributed by atoms with Crippen LogP contribution in [0.3, 0.4) is 0 Å². The Kier molecular flexibility index (Phi) is 5.72. The number of nitrogens with one attached hydrogen (secondary N) is 2. The molecule has 0 aliphatic heterocycles. The Hall–Kier alpha value is -3.63. The molecule has 2 heterocycles. The highest BCUT2D eigenvalue weighted by molar-refractivity contribution is 5.88. The first kappa shape index (κ1) is 19.1. The number of urea groups is 1. The van der Waals surface area contributed by atoms with E-state index in [1.54, 1.807) is 4.57 Å². The molecule has 0 aliphatic rings. The SMILES string of the molecule is O=C(NCc1nncn1-c1ccccc1)Nc1ccc(OCC(F)(F)F)nc1. The van der Waals surface area contributed by atoms with Gasteiger partial charge in [0.15, 0.2) is 12.4 Å². The fourth-order valence-corrected chi connectivity index (χ4v) is 2.21. The zero-order valence-corrected chi connectivity index (χ0v) is 14.3. The van der Waals surface area contributed by atoms with Gasteiger partial charge in [-0.25, -0.2) is 9.78 Å². The highest BCUT2D eigenvalue weighted by Gasteiger charge is 2.28. The minimum atomic E-state index is -4.45. The first-order chi connectivity index (χ1) is 13.4. The maximum atomic E-state index is 12.1. The summed E-state index contributed by atoms with van der Waals surface area (Å²) in [5.74, 6) is 0.328. The number of nitrogens with zero attached hydrogens (tertiary/aromatic N) is 4. The van der Waals surface area contributed by atoms with Gasteiger partial charge in [-0.05, 0) is 18.2 Å². The summed E-state index contributed by atoms with van der Waals surface area (Å²) in [7, 11) is 0. The number of carbonyl (C=O) groups is 1. The van der Waals surface area contributed by atoms with Crippen LogP contribution in [0.15, 0.2) is 55.0 Å². The van der Waals surface area contributed by atoms with Gasteiger partial charge < -0.3 is 15.4 Å². The van der Waals surface area contributed by atoms with E-state index in [1.807, 2.05) is 30.3 Å². The van der Waals surface area contributed by atoms with Gasteiger partial charge in [0.05, 0.1) is 18.4 Å². The number of rotatable bonds is 6. The molecule has 1 aromatic carbocycles. The van der Waals surface area contributed by atoms with Gasteiger partial charge in [-0.1, -0.05) is 18.2 Å². The number of para-hydroxylation sites is 1. The van der Waals surface area contributed by atoms with Crippen molar-refractivity contribution in [1.29, 1.82) is 0 Å². The number of carbonyl (C=O) groups excluding carboxylic acids is 1. The summed E-state index contributed by atoms with van der Waals surface area (Å²) in [5, 5.41) is 13.0. The molecule has 0 atom stereocenters. The first-order valence-electron chi connectivity index (χ1n) is 8.05. The quantitative estimate of drug-likeness (QED) is 0.673. The second-order valence-corrected chi connectivity index (χ2v) is 5.55. The first-order valence-corrected chi connectivity index (χ1v) is 8.05. The Labute approximate surface area is 157 Å². The van der Waals surface area contributed by atoms with Crippen molar-refractivity contribution in [2.75, 3.05) is 11.9 Å². The molecule has 8 nitrogen and oxygen atoms in total. The summed E-state index contributed by atoms with van der Waals surface area (Å²) in [4.78, 5) is 15.7. The molecule has 0 spiro atoms. The summed E-state index contributed by atoms with van der Waals surface area (Å²) in [6.07, 6.45) is -1.72. The second kappa shape index (κ2) is 8.37. The lowest BCUT2D eigenvalue weighted by Crippen LogP contribution is -2.29. The highest BCUT2D eigenvalue weighted by atomic mass is 19.4. The number of ether oxygens (including phenoxy) is 1. The standard InChI is InChI=1S/C17H15F3N6O2/c18-17(19,20)10-28-15-7-6-12(8-21-15)24-16(27)22-9-14-25-23-11-26(14)13-4-2-1-3-5-13/h1-8,11H,9-10H2,(H2,22,24,27). The number of halogens is 3. The van der Waals surface area contributed by atoms with E-state index in [-0.39, 0.29) is 12.4 Å². The molecule has 0 aliphatic carbocycles. The maximum absolute atomic E-state index is 12.1. The van der Waals surface area contributed by atoms with Crippen molar-refractivity contribution in [2.24, 2.45) is 0 Å². The van der Waals surface area contributed by atoms with E-state index in [9.17, 15) is 18.0 Å². The number of benzene rings is 1. The Morgan fingerprint density at radius 2 is 1.93 bits per heavy atom. The predicted octanol–water partition coefficient (Wildman–Crippen LogP) is 2.93. The Balaban J connectivity index is 1.52. The molecule has 0 unspecified atom stereocenters. The molecule has 2 aromatic heterocycles. The molecule has 146 valence electrons. The topological polar surface area (TPSA) is 94.0 Å². The number of alkyl halides is 3. The molecule has 2 N–H and O–H groups in total. The number of pyridine rings is 1. The lowest BCUT2D eigenvalue weighted by molar-refractivity contribution is -0.154. The van der Waals surface area contributed by atoms with Crippen LogP contribution in [0.4, 0.5) is 23.7 Å². The second-order valence-electron chi connectivity index (χ2n) is 5.55. The van der Waals surface area contributed by atoms with Crippen LogP contribution in [0, 0.1) is 0 Å². The van der Waals surface area contributed by atoms with Crippen LogP contribution >= 0.6 is 0 Å². The largest absolute Gasteiger partial charge is 0.468 e. The summed E-state index contributed by atoms with van der Waals surface area (Å²) >= 11 is 0. The van der Waals surface area contributed by atoms with Crippen LogP contribution in [-0.2, 0) is 6.54 Å². The normalized spacial score (nSPS) is 11.1. The van der Waals surface area contributed by atoms with Crippen LogP contribution in [-0.4, -0.2) is 38.6 Å². The summed E-state index contributed by atoms with van der Waals surface area (Å²) in [6.45, 7) is -1.32. The lowest BCUT2D eigenvalue weighted by Gasteiger charge is -2.10. The van der Waals surface area contributed by atoms with Gasteiger partial charge in [0.1, 0.15) is 6.33 Å². The zero-order valence-electron chi connectivity index (χ0n) is 14.3. The molecule has 0 fully saturated rings. The van der Waals surface area contributed by atoms with Crippen molar-refractivity contribution < 1.29 is 22.7 Å². The van der Waals surface area contributed by atoms with Crippen molar-refractivity contribution in [3.63, 3.8) is 0 Å². The summed E-state index contributed by atoms with van der Waals surface area (Å²) < 4.78 is 42.5. The Bertz CT molecular complexity index is 913. The van der Waals surface area contributed by atoms with Crippen molar-refractivity contribution in [3.8, 4) is 11.6 Å². The third-order valence-electron chi connectivity index (χ3n) is 3.44. The van der Waals surface area contributed by atoms with E-state index in [4.69, 9.17) is 0 Å². The van der Waals surface area contributed by atoms with Gasteiger partial charge >= 0.3 is 12.2 Å². The van der Waals surface area contributed by atoms with Crippen LogP contribution in [0.5, 0.6) is 5.88 Å². The summed E-state index contributed by atoms with van der Waals surface area (Å²) in [6, 6.07) is 11.4. The molecule has 11 heteroatoms. The van der Waals surface area contributed by atoms with E-state index < -0.39 is 18.8 Å². The molecule has 3 rings (SSSR count). The smallest absolute Gasteiger partial charge is 0.422 e. The number of amides is 2. The van der Waals surface area contributed by atoms with Crippen molar-refractivity contribution in [1.82, 2.24) is 25.1 Å². The van der Waals surface area contributed by atoms with Gasteiger partial charge in [0.25, 0.3) is 0 Å². The van der Waals surface area contributed by atoms with Gasteiger partial charge in [0, 0.05) is 11.8 Å². The molecule has 0 bridgehead atoms. The van der Waals surface area contributed by atoms with Crippen molar-refractivity contribution >= 4 is 11.7 Å². The van der Waals surface area contributed by atoms with Gasteiger partial charge in [-0.3, -0.25) is 4.57 Å². The van der Waals surface area contributed by atoms with E-state index >= 15 is 0 Å². The van der Waals surface area contributed by atoms with E-state index in [0.717, 1.165) is 5.69 Å². The van der Waals surface area contributed by atoms with E-state index in [1.165, 1.54) is 24.7 Å². The minimum absolute atomic E-state index is 0.112. The average molecular weight is 392 g/mol. The monoisotopic (exact) mass is 392 g/mol. The Morgan fingerprint density at radius 1 is 1.14 bits per heavy atom. The van der Waals surface area contributed by atoms with Gasteiger partial charge in [0.2, 0.25) is 5.88 Å². The third-order valence-corrected chi connectivity index (χ3v) is 3.44. The molecular formula is C17H15F3N6O2. The van der Waals surface area contributed by atoms with E-state index in [2.05, 4.69) is 30.6 Å². The molecule has 28 heavy (non-hydrogen) atoms. The number of hydrogen-bond acceptors (Lipinski definition) is 5. The lowest BCUT2D eigenvalue weighted by atomic mass is 10.3. The molecule has 0 radical (unpaired) electrons. The van der Waals surface area contributed by atoms with Crippen LogP contribution in [0.2, 0.25) is 0 Å². The molecule has 0 saturated carbocycles. The number of aromatic nitrogens is 4. The molecule has 0 saturated heterocycles. The van der Waals surface area contributed by atoms with Crippen LogP contribution in [0.25, 0.3) is 5.69 Å². The van der Waals surface area contributed by atoms with Crippen molar-refractivity contribution in [3.05, 3.63) is 60.8 Å². The van der Waals surface area contributed by atoms with E-state index in [0.29, 0.717) is 11.5 Å². The summed E-state index contributed by atoms with van der Waals surface area (Å²) in [5.41, 5.74) is 1.14. The number of anilines is 1. The zero-order chi connectivity index (χ0) is 20.0. The fourth-order valence-electron chi connectivity index (χ4n) is 2.21. The van der Waals surface area contributed by atoms with Gasteiger partial charge in [-0.2, -0.15) is 13.2 Å². The average Bonchev–Trinajstić information content (AvgIpc) is 3.14. The fraction of sp³-hybridized carbons (Fsp3) is 0.176.